The minimum Gasteiger partial charge on any atom is -0.493 e. The highest BCUT2D eigenvalue weighted by atomic mass is 79.9. The maximum absolute atomic E-state index is 12.4. The van der Waals surface area contributed by atoms with Crippen LogP contribution < -0.4 is 20.1 Å². The van der Waals surface area contributed by atoms with Crippen molar-refractivity contribution in [1.29, 1.82) is 0 Å². The van der Waals surface area contributed by atoms with E-state index in [1.54, 1.807) is 36.4 Å². The summed E-state index contributed by atoms with van der Waals surface area (Å²) < 4.78 is 11.5. The molecule has 0 aliphatic carbocycles. The minimum absolute atomic E-state index is 0.123. The van der Waals surface area contributed by atoms with Crippen LogP contribution in [-0.4, -0.2) is 32.1 Å². The molecule has 0 saturated heterocycles. The van der Waals surface area contributed by atoms with Gasteiger partial charge in [-0.2, -0.15) is 0 Å². The van der Waals surface area contributed by atoms with Crippen LogP contribution in [0.15, 0.2) is 40.9 Å². The Labute approximate surface area is 177 Å². The Morgan fingerprint density at radius 1 is 1.18 bits per heavy atom. The molecule has 2 aromatic carbocycles. The molecule has 0 saturated carbocycles. The molecule has 150 valence electrons. The maximum atomic E-state index is 12.4. The van der Waals surface area contributed by atoms with Crippen LogP contribution in [0.25, 0.3) is 0 Å². The zero-order valence-corrected chi connectivity index (χ0v) is 18.0. The van der Waals surface area contributed by atoms with Crippen molar-refractivity contribution in [3.63, 3.8) is 0 Å². The van der Waals surface area contributed by atoms with Crippen molar-refractivity contribution in [3.05, 3.63) is 51.5 Å². The lowest BCUT2D eigenvalue weighted by atomic mass is 10.2. The van der Waals surface area contributed by atoms with Gasteiger partial charge in [-0.05, 0) is 65.7 Å². The van der Waals surface area contributed by atoms with Gasteiger partial charge in [0.2, 0.25) is 5.91 Å². The van der Waals surface area contributed by atoms with E-state index in [4.69, 9.17) is 21.1 Å². The molecule has 2 amide bonds. The molecule has 2 N–H and O–H groups in total. The van der Waals surface area contributed by atoms with E-state index >= 15 is 0 Å². The second-order valence-electron chi connectivity index (χ2n) is 5.84. The third kappa shape index (κ3) is 6.42. The quantitative estimate of drug-likeness (QED) is 0.524. The first-order valence-electron chi connectivity index (χ1n) is 8.78. The summed E-state index contributed by atoms with van der Waals surface area (Å²) >= 11 is 9.21. The lowest BCUT2D eigenvalue weighted by Crippen LogP contribution is -2.25. The number of benzene rings is 2. The molecular weight excluding hydrogens is 448 g/mol. The van der Waals surface area contributed by atoms with Crippen LogP contribution in [0.4, 0.5) is 5.69 Å². The lowest BCUT2D eigenvalue weighted by molar-refractivity contribution is -0.116. The molecule has 2 aromatic rings. The third-order valence-electron chi connectivity index (χ3n) is 3.77. The van der Waals surface area contributed by atoms with Crippen LogP contribution in [0, 0.1) is 0 Å². The minimum atomic E-state index is -0.250. The number of halogens is 2. The van der Waals surface area contributed by atoms with Gasteiger partial charge in [-0.25, -0.2) is 0 Å². The largest absolute Gasteiger partial charge is 0.493 e. The van der Waals surface area contributed by atoms with Gasteiger partial charge in [0.25, 0.3) is 5.91 Å². The Bertz CT molecular complexity index is 828. The van der Waals surface area contributed by atoms with Crippen LogP contribution >= 0.6 is 27.5 Å². The van der Waals surface area contributed by atoms with Gasteiger partial charge >= 0.3 is 0 Å². The Morgan fingerprint density at radius 3 is 2.54 bits per heavy atom. The van der Waals surface area contributed by atoms with Gasteiger partial charge in [-0.3, -0.25) is 9.59 Å². The maximum Gasteiger partial charge on any atom is 0.251 e. The Kier molecular flexibility index (Phi) is 8.60. The van der Waals surface area contributed by atoms with E-state index < -0.39 is 0 Å². The molecule has 0 bridgehead atoms. The fraction of sp³-hybridized carbons (Fsp3) is 0.300. The Morgan fingerprint density at radius 2 is 1.89 bits per heavy atom. The number of rotatable bonds is 9. The van der Waals surface area contributed by atoms with Crippen molar-refractivity contribution >= 4 is 45.0 Å². The van der Waals surface area contributed by atoms with Crippen LogP contribution in [0.2, 0.25) is 5.02 Å². The summed E-state index contributed by atoms with van der Waals surface area (Å²) in [6, 6.07) is 10.2. The third-order valence-corrected chi connectivity index (χ3v) is 4.62. The zero-order valence-electron chi connectivity index (χ0n) is 15.7. The van der Waals surface area contributed by atoms with Crippen molar-refractivity contribution in [2.45, 2.75) is 19.8 Å². The first-order valence-corrected chi connectivity index (χ1v) is 9.95. The highest BCUT2D eigenvalue weighted by molar-refractivity contribution is 9.10. The van der Waals surface area contributed by atoms with Crippen LogP contribution in [0.5, 0.6) is 11.5 Å². The van der Waals surface area contributed by atoms with Crippen LogP contribution in [0.1, 0.15) is 30.1 Å². The highest BCUT2D eigenvalue weighted by Crippen LogP contribution is 2.36. The molecule has 0 atom stereocenters. The smallest absolute Gasteiger partial charge is 0.251 e. The normalized spacial score (nSPS) is 10.3. The Hall–Kier alpha value is -2.25. The summed E-state index contributed by atoms with van der Waals surface area (Å²) in [4.78, 5) is 24.3. The topological polar surface area (TPSA) is 76.7 Å². The number of hydrogen-bond donors (Lipinski definition) is 2. The molecule has 8 heteroatoms. The van der Waals surface area contributed by atoms with Gasteiger partial charge in [-0.15, -0.1) is 0 Å². The predicted molar refractivity (Wildman–Crippen MR) is 114 cm³/mol. The van der Waals surface area contributed by atoms with Crippen molar-refractivity contribution in [3.8, 4) is 11.5 Å². The van der Waals surface area contributed by atoms with Gasteiger partial charge in [0, 0.05) is 29.2 Å². The predicted octanol–water partition coefficient (Wildman–Crippen LogP) is 4.66. The molecule has 2 rings (SSSR count). The number of hydrogen-bond acceptors (Lipinski definition) is 4. The summed E-state index contributed by atoms with van der Waals surface area (Å²) in [6.45, 7) is 2.73. The number of carbonyl (C=O) groups is 2. The van der Waals surface area contributed by atoms with Gasteiger partial charge in [0.1, 0.15) is 0 Å². The van der Waals surface area contributed by atoms with Crippen molar-refractivity contribution < 1.29 is 19.1 Å². The van der Waals surface area contributed by atoms with E-state index in [1.165, 1.54) is 7.11 Å². The van der Waals surface area contributed by atoms with E-state index in [1.807, 2.05) is 6.92 Å². The monoisotopic (exact) mass is 468 g/mol. The van der Waals surface area contributed by atoms with Crippen molar-refractivity contribution in [1.82, 2.24) is 5.32 Å². The molecule has 0 unspecified atom stereocenters. The zero-order chi connectivity index (χ0) is 20.5. The van der Waals surface area contributed by atoms with E-state index in [9.17, 15) is 9.59 Å². The van der Waals surface area contributed by atoms with E-state index in [-0.39, 0.29) is 11.8 Å². The summed E-state index contributed by atoms with van der Waals surface area (Å²) in [7, 11) is 1.52. The summed E-state index contributed by atoms with van der Waals surface area (Å²) in [5.74, 6) is 0.659. The number of carbonyl (C=O) groups excluding carboxylic acids is 2. The molecule has 0 aliphatic heterocycles. The van der Waals surface area contributed by atoms with Crippen molar-refractivity contribution in [2.24, 2.45) is 0 Å². The molecule has 0 spiro atoms. The molecule has 28 heavy (non-hydrogen) atoms. The molecule has 0 aliphatic rings. The first kappa shape index (κ1) is 22.0. The number of methoxy groups -OCH3 is 1. The SMILES string of the molecule is CCOc1c(Br)cc(C(=O)NCCCC(=O)Nc2ccc(Cl)cc2)cc1OC. The highest BCUT2D eigenvalue weighted by Gasteiger charge is 2.15. The first-order chi connectivity index (χ1) is 13.4. The fourth-order valence-electron chi connectivity index (χ4n) is 2.44. The van der Waals surface area contributed by atoms with E-state index in [0.29, 0.717) is 58.2 Å². The average Bonchev–Trinajstić information content (AvgIpc) is 2.68. The fourth-order valence-corrected chi connectivity index (χ4v) is 3.13. The Balaban J connectivity index is 1.82. The molecule has 0 fully saturated rings. The van der Waals surface area contributed by atoms with Gasteiger partial charge in [-0.1, -0.05) is 11.6 Å². The number of ether oxygens (including phenoxy) is 2. The molecule has 0 aromatic heterocycles. The average molecular weight is 470 g/mol. The van der Waals surface area contributed by atoms with Gasteiger partial charge in [0.05, 0.1) is 18.2 Å². The molecular formula is C20H22BrClN2O4. The van der Waals surface area contributed by atoms with Crippen LogP contribution in [0.3, 0.4) is 0 Å². The molecule has 0 heterocycles. The van der Waals surface area contributed by atoms with Crippen molar-refractivity contribution in [2.75, 3.05) is 25.6 Å². The molecule has 6 nitrogen and oxygen atoms in total. The number of amides is 2. The summed E-state index contributed by atoms with van der Waals surface area (Å²) in [5, 5.41) is 6.19. The van der Waals surface area contributed by atoms with Gasteiger partial charge < -0.3 is 20.1 Å². The summed E-state index contributed by atoms with van der Waals surface area (Å²) in [6.07, 6.45) is 0.805. The summed E-state index contributed by atoms with van der Waals surface area (Å²) in [5.41, 5.74) is 1.13. The molecule has 0 radical (unpaired) electrons. The number of anilines is 1. The van der Waals surface area contributed by atoms with E-state index in [0.717, 1.165) is 0 Å². The lowest BCUT2D eigenvalue weighted by Gasteiger charge is -2.13. The standard InChI is InChI=1S/C20H22BrClN2O4/c1-3-28-19-16(21)11-13(12-17(19)27-2)20(26)23-10-4-5-18(25)24-15-8-6-14(22)7-9-15/h6-9,11-12H,3-5,10H2,1-2H3,(H,23,26)(H,24,25). The second-order valence-corrected chi connectivity index (χ2v) is 7.13. The van der Waals surface area contributed by atoms with E-state index in [2.05, 4.69) is 26.6 Å². The number of nitrogens with one attached hydrogen (secondary N) is 2. The van der Waals surface area contributed by atoms with Crippen LogP contribution in [-0.2, 0) is 4.79 Å². The van der Waals surface area contributed by atoms with Gasteiger partial charge in [0.15, 0.2) is 11.5 Å². The second kappa shape index (κ2) is 10.9.